The van der Waals surface area contributed by atoms with Crippen molar-refractivity contribution in [2.75, 3.05) is 18.8 Å². The molecule has 0 fully saturated rings. The molecule has 0 radical (unpaired) electrons. The number of hydrogen-bond donors (Lipinski definition) is 0. The fourth-order valence-corrected chi connectivity index (χ4v) is 3.94. The molecule has 0 unspecified atom stereocenters. The molecule has 5 heteroatoms. The second-order valence-electron chi connectivity index (χ2n) is 7.27. The number of carbonyl (C=O) groups excluding carboxylic acids is 1. The average molecular weight is 423 g/mol. The van der Waals surface area contributed by atoms with Crippen LogP contribution in [0.3, 0.4) is 0 Å². The summed E-state index contributed by atoms with van der Waals surface area (Å²) in [6, 6.07) is 20.0. The molecule has 1 aromatic heterocycles. The van der Waals surface area contributed by atoms with Crippen molar-refractivity contribution in [1.29, 1.82) is 0 Å². The molecule has 4 nitrogen and oxygen atoms in total. The minimum atomic E-state index is 0.155. The van der Waals surface area contributed by atoms with E-state index in [-0.39, 0.29) is 5.91 Å². The normalized spacial score (nSPS) is 10.9. The van der Waals surface area contributed by atoms with Crippen molar-refractivity contribution in [3.8, 4) is 22.6 Å². The van der Waals surface area contributed by atoms with Gasteiger partial charge in [0, 0.05) is 24.2 Å². The minimum Gasteiger partial charge on any atom is -0.431 e. The average Bonchev–Trinajstić information content (AvgIpc) is 3.23. The summed E-state index contributed by atoms with van der Waals surface area (Å²) in [5.41, 5.74) is 2.80. The number of benzene rings is 2. The summed E-state index contributed by atoms with van der Waals surface area (Å²) in [6.07, 6.45) is 4.25. The van der Waals surface area contributed by atoms with Crippen molar-refractivity contribution in [3.05, 3.63) is 60.7 Å². The van der Waals surface area contributed by atoms with E-state index in [9.17, 15) is 4.79 Å². The summed E-state index contributed by atoms with van der Waals surface area (Å²) >= 11 is 1.38. The number of thioether (sulfide) groups is 1. The third-order valence-corrected chi connectivity index (χ3v) is 5.74. The molecule has 30 heavy (non-hydrogen) atoms. The fourth-order valence-electron chi connectivity index (χ4n) is 3.21. The monoisotopic (exact) mass is 422 g/mol. The SMILES string of the molecule is CCCCN(CCCC)C(=O)CSc1nc(-c2ccccc2)c(-c2ccccc2)o1. The van der Waals surface area contributed by atoms with Crippen LogP contribution in [0.4, 0.5) is 0 Å². The van der Waals surface area contributed by atoms with Gasteiger partial charge in [-0.05, 0) is 12.8 Å². The van der Waals surface area contributed by atoms with Crippen LogP contribution in [0, 0.1) is 0 Å². The highest BCUT2D eigenvalue weighted by atomic mass is 32.2. The highest BCUT2D eigenvalue weighted by Crippen LogP contribution is 2.35. The number of nitrogens with zero attached hydrogens (tertiary/aromatic N) is 2. The van der Waals surface area contributed by atoms with Crippen molar-refractivity contribution in [3.63, 3.8) is 0 Å². The summed E-state index contributed by atoms with van der Waals surface area (Å²) in [4.78, 5) is 19.5. The summed E-state index contributed by atoms with van der Waals surface area (Å²) in [5.74, 6) is 1.24. The number of amides is 1. The van der Waals surface area contributed by atoms with Crippen molar-refractivity contribution >= 4 is 17.7 Å². The van der Waals surface area contributed by atoms with E-state index in [0.29, 0.717) is 11.0 Å². The van der Waals surface area contributed by atoms with E-state index >= 15 is 0 Å². The molecular formula is C25H30N2O2S. The van der Waals surface area contributed by atoms with Gasteiger partial charge in [-0.15, -0.1) is 0 Å². The molecule has 0 aliphatic rings. The zero-order chi connectivity index (χ0) is 21.2. The maximum absolute atomic E-state index is 12.8. The first-order valence-electron chi connectivity index (χ1n) is 10.7. The third-order valence-electron chi connectivity index (χ3n) is 4.93. The highest BCUT2D eigenvalue weighted by molar-refractivity contribution is 7.99. The van der Waals surface area contributed by atoms with Crippen LogP contribution < -0.4 is 0 Å². The fraction of sp³-hybridized carbons (Fsp3) is 0.360. The molecular weight excluding hydrogens is 392 g/mol. The number of hydrogen-bond acceptors (Lipinski definition) is 4. The van der Waals surface area contributed by atoms with E-state index in [0.717, 1.165) is 61.4 Å². The maximum Gasteiger partial charge on any atom is 0.257 e. The summed E-state index contributed by atoms with van der Waals surface area (Å²) < 4.78 is 6.13. The summed E-state index contributed by atoms with van der Waals surface area (Å²) in [5, 5.41) is 0.534. The van der Waals surface area contributed by atoms with E-state index in [2.05, 4.69) is 13.8 Å². The lowest BCUT2D eigenvalue weighted by molar-refractivity contribution is -0.128. The van der Waals surface area contributed by atoms with Crippen LogP contribution in [0.5, 0.6) is 0 Å². The van der Waals surface area contributed by atoms with Crippen LogP contribution in [0.2, 0.25) is 0 Å². The van der Waals surface area contributed by atoms with Crippen molar-refractivity contribution < 1.29 is 9.21 Å². The van der Waals surface area contributed by atoms with Crippen molar-refractivity contribution in [1.82, 2.24) is 9.88 Å². The molecule has 3 aromatic rings. The lowest BCUT2D eigenvalue weighted by Gasteiger charge is -2.21. The number of oxazole rings is 1. The smallest absolute Gasteiger partial charge is 0.257 e. The Morgan fingerprint density at radius 1 is 0.900 bits per heavy atom. The van der Waals surface area contributed by atoms with Gasteiger partial charge in [-0.2, -0.15) is 0 Å². The van der Waals surface area contributed by atoms with Gasteiger partial charge in [-0.1, -0.05) is 99.1 Å². The van der Waals surface area contributed by atoms with E-state index in [1.165, 1.54) is 11.8 Å². The van der Waals surface area contributed by atoms with E-state index in [1.807, 2.05) is 65.6 Å². The predicted octanol–water partition coefficient (Wildman–Crippen LogP) is 6.53. The predicted molar refractivity (Wildman–Crippen MR) is 124 cm³/mol. The zero-order valence-electron chi connectivity index (χ0n) is 17.8. The molecule has 0 saturated heterocycles. The Morgan fingerprint density at radius 3 is 2.03 bits per heavy atom. The Morgan fingerprint density at radius 2 is 1.47 bits per heavy atom. The first-order chi connectivity index (χ1) is 14.7. The highest BCUT2D eigenvalue weighted by Gasteiger charge is 2.19. The molecule has 1 amide bonds. The number of unbranched alkanes of at least 4 members (excludes halogenated alkanes) is 2. The standard InChI is InChI=1S/C25H30N2O2S/c1-3-5-17-27(18-6-4-2)22(28)19-30-25-26-23(20-13-9-7-10-14-20)24(29-25)21-15-11-8-12-16-21/h7-16H,3-6,17-19H2,1-2H3. The molecule has 3 rings (SSSR count). The van der Waals surface area contributed by atoms with Crippen LogP contribution in [-0.2, 0) is 4.79 Å². The van der Waals surface area contributed by atoms with Gasteiger partial charge in [-0.3, -0.25) is 4.79 Å². The molecule has 0 spiro atoms. The number of carbonyl (C=O) groups is 1. The van der Waals surface area contributed by atoms with E-state index < -0.39 is 0 Å². The Bertz CT molecular complexity index is 844. The molecule has 0 aliphatic carbocycles. The van der Waals surface area contributed by atoms with Crippen molar-refractivity contribution in [2.45, 2.75) is 44.8 Å². The molecule has 1 heterocycles. The van der Waals surface area contributed by atoms with Gasteiger partial charge < -0.3 is 9.32 Å². The Kier molecular flexibility index (Phi) is 8.57. The molecule has 2 aromatic carbocycles. The van der Waals surface area contributed by atoms with Gasteiger partial charge in [0.05, 0.1) is 5.75 Å². The molecule has 0 aliphatic heterocycles. The second kappa shape index (κ2) is 11.6. The van der Waals surface area contributed by atoms with Crippen LogP contribution in [-0.4, -0.2) is 34.6 Å². The molecule has 0 N–H and O–H groups in total. The summed E-state index contributed by atoms with van der Waals surface area (Å²) in [7, 11) is 0. The Labute approximate surface area is 183 Å². The van der Waals surface area contributed by atoms with E-state index in [4.69, 9.17) is 9.40 Å². The van der Waals surface area contributed by atoms with Crippen LogP contribution >= 0.6 is 11.8 Å². The quantitative estimate of drug-likeness (QED) is 0.330. The topological polar surface area (TPSA) is 46.3 Å². The maximum atomic E-state index is 12.8. The first-order valence-corrected chi connectivity index (χ1v) is 11.7. The summed E-state index contributed by atoms with van der Waals surface area (Å²) in [6.45, 7) is 5.96. The van der Waals surface area contributed by atoms with Crippen LogP contribution in [0.15, 0.2) is 70.3 Å². The first kappa shape index (κ1) is 22.2. The van der Waals surface area contributed by atoms with E-state index in [1.54, 1.807) is 0 Å². The molecule has 0 atom stereocenters. The van der Waals surface area contributed by atoms with Crippen LogP contribution in [0.25, 0.3) is 22.6 Å². The van der Waals surface area contributed by atoms with Gasteiger partial charge in [-0.25, -0.2) is 4.98 Å². The Balaban J connectivity index is 1.78. The minimum absolute atomic E-state index is 0.155. The lowest BCUT2D eigenvalue weighted by Crippen LogP contribution is -2.34. The molecule has 158 valence electrons. The molecule has 0 saturated carbocycles. The number of rotatable bonds is 11. The van der Waals surface area contributed by atoms with Gasteiger partial charge >= 0.3 is 0 Å². The third kappa shape index (κ3) is 5.99. The van der Waals surface area contributed by atoms with Gasteiger partial charge in [0.25, 0.3) is 5.22 Å². The van der Waals surface area contributed by atoms with Crippen LogP contribution in [0.1, 0.15) is 39.5 Å². The van der Waals surface area contributed by atoms with Gasteiger partial charge in [0.15, 0.2) is 5.76 Å². The van der Waals surface area contributed by atoms with Gasteiger partial charge in [0.2, 0.25) is 5.91 Å². The Hall–Kier alpha value is -2.53. The number of aromatic nitrogens is 1. The van der Waals surface area contributed by atoms with Crippen molar-refractivity contribution in [2.24, 2.45) is 0 Å². The lowest BCUT2D eigenvalue weighted by atomic mass is 10.1. The molecule has 0 bridgehead atoms. The second-order valence-corrected chi connectivity index (χ2v) is 8.19. The zero-order valence-corrected chi connectivity index (χ0v) is 18.7. The van der Waals surface area contributed by atoms with Gasteiger partial charge in [0.1, 0.15) is 5.69 Å². The largest absolute Gasteiger partial charge is 0.431 e.